The number of nitrogens with one attached hydrogen (secondary N) is 2. The Kier molecular flexibility index (Phi) is 5.30. The molecule has 2 N–H and O–H groups in total. The summed E-state index contributed by atoms with van der Waals surface area (Å²) in [5.41, 5.74) is 1.98. The van der Waals surface area contributed by atoms with Crippen LogP contribution in [0.15, 0.2) is 24.4 Å². The molecule has 3 saturated heterocycles. The number of rotatable bonds is 7. The maximum atomic E-state index is 12.9. The summed E-state index contributed by atoms with van der Waals surface area (Å²) in [6.45, 7) is 4.20. The van der Waals surface area contributed by atoms with Gasteiger partial charge in [0.2, 0.25) is 12.7 Å². The van der Waals surface area contributed by atoms with E-state index in [1.165, 1.54) is 0 Å². The largest absolute Gasteiger partial charge is 0.454 e. The molecule has 0 spiro atoms. The molecule has 2 unspecified atom stereocenters. The number of nitrogens with zero attached hydrogens (tertiary/aromatic N) is 4. The third-order valence-corrected chi connectivity index (χ3v) is 6.46. The van der Waals surface area contributed by atoms with Crippen LogP contribution in [0.4, 0.5) is 0 Å². The molecule has 1 aromatic carbocycles. The van der Waals surface area contributed by atoms with Crippen LogP contribution in [0.5, 0.6) is 11.5 Å². The second-order valence-corrected chi connectivity index (χ2v) is 8.41. The van der Waals surface area contributed by atoms with Crippen LogP contribution in [0.3, 0.4) is 0 Å². The first-order valence-electron chi connectivity index (χ1n) is 10.6. The molecule has 30 heavy (non-hydrogen) atoms. The van der Waals surface area contributed by atoms with Crippen LogP contribution in [0.1, 0.15) is 24.1 Å². The van der Waals surface area contributed by atoms with Gasteiger partial charge in [-0.05, 0) is 50.0 Å². The molecular weight excluding hydrogens is 384 g/mol. The van der Waals surface area contributed by atoms with Gasteiger partial charge in [-0.3, -0.25) is 14.4 Å². The zero-order valence-electron chi connectivity index (χ0n) is 17.2. The first-order chi connectivity index (χ1) is 14.7. The fourth-order valence-electron chi connectivity index (χ4n) is 4.90. The minimum atomic E-state index is 0.0552. The molecule has 0 aliphatic carbocycles. The number of carbonyl (C=O) groups excluding carboxylic acids is 1. The summed E-state index contributed by atoms with van der Waals surface area (Å²) in [6, 6.07) is 6.23. The Morgan fingerprint density at radius 2 is 2.17 bits per heavy atom. The van der Waals surface area contributed by atoms with Gasteiger partial charge in [0.05, 0.1) is 18.2 Å². The Morgan fingerprint density at radius 1 is 1.27 bits per heavy atom. The zero-order chi connectivity index (χ0) is 20.5. The first-order valence-corrected chi connectivity index (χ1v) is 10.6. The van der Waals surface area contributed by atoms with Gasteiger partial charge in [-0.15, -0.1) is 5.10 Å². The molecule has 2 bridgehead atoms. The molecule has 9 heteroatoms. The van der Waals surface area contributed by atoms with Crippen LogP contribution in [-0.2, 0) is 24.4 Å². The summed E-state index contributed by atoms with van der Waals surface area (Å²) >= 11 is 0. The normalized spacial score (nSPS) is 26.7. The van der Waals surface area contributed by atoms with Crippen molar-refractivity contribution in [3.05, 3.63) is 35.7 Å². The van der Waals surface area contributed by atoms with Gasteiger partial charge in [-0.1, -0.05) is 11.3 Å². The van der Waals surface area contributed by atoms with Crippen LogP contribution in [0.2, 0.25) is 0 Å². The van der Waals surface area contributed by atoms with E-state index in [0.717, 1.165) is 61.8 Å². The fraction of sp³-hybridized carbons (Fsp3) is 0.571. The lowest BCUT2D eigenvalue weighted by molar-refractivity contribution is -0.133. The molecule has 2 aromatic rings. The van der Waals surface area contributed by atoms with Crippen molar-refractivity contribution in [1.29, 1.82) is 0 Å². The van der Waals surface area contributed by atoms with E-state index in [0.29, 0.717) is 18.5 Å². The zero-order valence-corrected chi connectivity index (χ0v) is 17.2. The molecule has 160 valence electrons. The smallest absolute Gasteiger partial charge is 0.231 e. The van der Waals surface area contributed by atoms with Crippen molar-refractivity contribution in [2.45, 2.75) is 38.5 Å². The molecular formula is C21H28N6O3. The number of fused-ring (bicyclic) bond motifs is 4. The topological polar surface area (TPSA) is 93.5 Å². The summed E-state index contributed by atoms with van der Waals surface area (Å²) in [5.74, 6) is 2.15. The van der Waals surface area contributed by atoms with E-state index in [2.05, 4.69) is 25.8 Å². The highest BCUT2D eigenvalue weighted by molar-refractivity contribution is 5.79. The van der Waals surface area contributed by atoms with Gasteiger partial charge in [0, 0.05) is 31.9 Å². The van der Waals surface area contributed by atoms with E-state index in [9.17, 15) is 4.79 Å². The number of piperidine rings is 3. The third-order valence-electron chi connectivity index (χ3n) is 6.46. The average Bonchev–Trinajstić information content (AvgIpc) is 3.41. The number of carbonyl (C=O) groups is 1. The van der Waals surface area contributed by atoms with Gasteiger partial charge in [0.25, 0.3) is 0 Å². The van der Waals surface area contributed by atoms with Crippen molar-refractivity contribution in [3.63, 3.8) is 0 Å². The minimum Gasteiger partial charge on any atom is -0.454 e. The predicted octanol–water partition coefficient (Wildman–Crippen LogP) is 0.753. The van der Waals surface area contributed by atoms with Crippen molar-refractivity contribution in [2.75, 3.05) is 26.9 Å². The number of hydrogen-bond donors (Lipinski definition) is 2. The van der Waals surface area contributed by atoms with Gasteiger partial charge < -0.3 is 20.1 Å². The Hall–Kier alpha value is -2.65. The molecule has 0 radical (unpaired) electrons. The number of benzene rings is 1. The third kappa shape index (κ3) is 3.87. The van der Waals surface area contributed by atoms with Gasteiger partial charge in [-0.2, -0.15) is 0 Å². The molecule has 4 aliphatic rings. The molecule has 0 saturated carbocycles. The van der Waals surface area contributed by atoms with Gasteiger partial charge in [-0.25, -0.2) is 0 Å². The Bertz CT molecular complexity index is 916. The van der Waals surface area contributed by atoms with Crippen LogP contribution < -0.4 is 20.1 Å². The van der Waals surface area contributed by atoms with Crippen molar-refractivity contribution >= 4 is 5.91 Å². The summed E-state index contributed by atoms with van der Waals surface area (Å²) < 4.78 is 12.7. The lowest BCUT2D eigenvalue weighted by Gasteiger charge is -2.49. The highest BCUT2D eigenvalue weighted by Crippen LogP contribution is 2.37. The lowest BCUT2D eigenvalue weighted by Crippen LogP contribution is -2.58. The van der Waals surface area contributed by atoms with E-state index in [1.807, 2.05) is 36.1 Å². The van der Waals surface area contributed by atoms with Crippen molar-refractivity contribution in [3.8, 4) is 11.5 Å². The van der Waals surface area contributed by atoms with Gasteiger partial charge in [0.15, 0.2) is 11.5 Å². The second kappa shape index (κ2) is 8.23. The summed E-state index contributed by atoms with van der Waals surface area (Å²) in [4.78, 5) is 15.4. The van der Waals surface area contributed by atoms with Gasteiger partial charge in [0.1, 0.15) is 0 Å². The second-order valence-electron chi connectivity index (χ2n) is 8.41. The predicted molar refractivity (Wildman–Crippen MR) is 109 cm³/mol. The molecule has 6 rings (SSSR count). The van der Waals surface area contributed by atoms with Crippen molar-refractivity contribution in [2.24, 2.45) is 11.8 Å². The monoisotopic (exact) mass is 412 g/mol. The van der Waals surface area contributed by atoms with Crippen molar-refractivity contribution < 1.29 is 14.3 Å². The van der Waals surface area contributed by atoms with Crippen LogP contribution in [0.25, 0.3) is 0 Å². The molecule has 9 nitrogen and oxygen atoms in total. The average molecular weight is 412 g/mol. The number of amides is 1. The molecule has 4 aliphatic heterocycles. The molecule has 1 amide bonds. The lowest BCUT2D eigenvalue weighted by atomic mass is 9.75. The van der Waals surface area contributed by atoms with Gasteiger partial charge >= 0.3 is 0 Å². The Labute approximate surface area is 175 Å². The minimum absolute atomic E-state index is 0.0552. The van der Waals surface area contributed by atoms with Crippen LogP contribution >= 0.6 is 0 Å². The Morgan fingerprint density at radius 3 is 3.00 bits per heavy atom. The first kappa shape index (κ1) is 19.3. The molecule has 5 heterocycles. The summed E-state index contributed by atoms with van der Waals surface area (Å²) in [7, 11) is 1.91. The summed E-state index contributed by atoms with van der Waals surface area (Å²) in [6.07, 6.45) is 4.12. The van der Waals surface area contributed by atoms with E-state index in [4.69, 9.17) is 9.47 Å². The number of hydrogen-bond acceptors (Lipinski definition) is 7. The highest BCUT2D eigenvalue weighted by Gasteiger charge is 2.43. The summed E-state index contributed by atoms with van der Waals surface area (Å²) in [5, 5.41) is 14.7. The van der Waals surface area contributed by atoms with Crippen LogP contribution in [0, 0.1) is 11.8 Å². The maximum Gasteiger partial charge on any atom is 0.231 e. The molecule has 4 atom stereocenters. The Balaban J connectivity index is 1.16. The SMILES string of the molecule is CNCc1cn(C[C@H]2CC3CCN2C[C@@H]3C(=O)NCc2ccc3c(c2)OCO3)nn1. The molecule has 3 fully saturated rings. The molecule has 1 aromatic heterocycles. The highest BCUT2D eigenvalue weighted by atomic mass is 16.7. The van der Waals surface area contributed by atoms with Crippen LogP contribution in [-0.4, -0.2) is 58.8 Å². The van der Waals surface area contributed by atoms with E-state index in [-0.39, 0.29) is 18.6 Å². The maximum absolute atomic E-state index is 12.9. The quantitative estimate of drug-likeness (QED) is 0.693. The van der Waals surface area contributed by atoms with E-state index in [1.54, 1.807) is 0 Å². The number of aromatic nitrogens is 3. The number of ether oxygens (including phenoxy) is 2. The fourth-order valence-corrected chi connectivity index (χ4v) is 4.90. The van der Waals surface area contributed by atoms with E-state index < -0.39 is 0 Å². The standard InChI is InChI=1S/C21H28N6O3/c1-22-9-16-10-27(25-24-16)11-17-7-15-4-5-26(17)12-18(15)21(28)23-8-14-2-3-19-20(6-14)30-13-29-19/h2-3,6,10,15,17-18,22H,4-5,7-9,11-13H2,1H3,(H,23,28)/t15?,17-,18+/m1/s1. The van der Waals surface area contributed by atoms with Crippen molar-refractivity contribution in [1.82, 2.24) is 30.5 Å². The van der Waals surface area contributed by atoms with E-state index >= 15 is 0 Å².